The van der Waals surface area contributed by atoms with Gasteiger partial charge in [-0.25, -0.2) is 9.97 Å². The first-order chi connectivity index (χ1) is 16.4. The van der Waals surface area contributed by atoms with Crippen LogP contribution in [-0.4, -0.2) is 49.9 Å². The van der Waals surface area contributed by atoms with Gasteiger partial charge in [-0.1, -0.05) is 24.2 Å². The van der Waals surface area contributed by atoms with Crippen LogP contribution in [0.5, 0.6) is 0 Å². The van der Waals surface area contributed by atoms with E-state index in [-0.39, 0.29) is 11.6 Å². The van der Waals surface area contributed by atoms with Crippen molar-refractivity contribution < 1.29 is 14.1 Å². The van der Waals surface area contributed by atoms with Gasteiger partial charge in [0, 0.05) is 49.3 Å². The Hall–Kier alpha value is -4.34. The molecule has 0 saturated carbocycles. The maximum Gasteiger partial charge on any atom is 0.273 e. The van der Waals surface area contributed by atoms with Gasteiger partial charge in [0.25, 0.3) is 11.8 Å². The Balaban J connectivity index is 1.32. The molecule has 0 fully saturated rings. The average molecular weight is 457 g/mol. The van der Waals surface area contributed by atoms with Crippen molar-refractivity contribution in [2.75, 3.05) is 18.4 Å². The highest BCUT2D eigenvalue weighted by molar-refractivity contribution is 5.99. The summed E-state index contributed by atoms with van der Waals surface area (Å²) >= 11 is 0. The summed E-state index contributed by atoms with van der Waals surface area (Å²) in [6, 6.07) is 9.68. The largest absolute Gasteiger partial charge is 0.368 e. The van der Waals surface area contributed by atoms with E-state index in [1.165, 1.54) is 0 Å². The fraction of sp³-hybridized carbons (Fsp3) is 0.250. The maximum absolute atomic E-state index is 12.9. The third-order valence-electron chi connectivity index (χ3n) is 5.87. The molecule has 0 radical (unpaired) electrons. The monoisotopic (exact) mass is 457 g/mol. The molecule has 0 saturated heterocycles. The Morgan fingerprint density at radius 3 is 2.82 bits per heavy atom. The minimum absolute atomic E-state index is 0.169. The number of aryl methyl sites for hydroxylation is 2. The molecule has 1 aliphatic rings. The number of nitrogens with one attached hydrogen (secondary N) is 1. The second-order valence-corrected chi connectivity index (χ2v) is 8.11. The fourth-order valence-corrected chi connectivity index (χ4v) is 4.17. The van der Waals surface area contributed by atoms with Crippen molar-refractivity contribution in [2.45, 2.75) is 26.8 Å². The lowest BCUT2D eigenvalue weighted by molar-refractivity contribution is 0.0780. The predicted molar refractivity (Wildman–Crippen MR) is 125 cm³/mol. The Bertz CT molecular complexity index is 1430. The number of hydrogen-bond donors (Lipinski definition) is 2. The van der Waals surface area contributed by atoms with Crippen LogP contribution in [0, 0.1) is 6.92 Å². The fourth-order valence-electron chi connectivity index (χ4n) is 4.17. The first-order valence-corrected chi connectivity index (χ1v) is 11.0. The molecule has 0 unspecified atom stereocenters. The van der Waals surface area contributed by atoms with Crippen LogP contribution in [0.4, 0.5) is 5.82 Å². The van der Waals surface area contributed by atoms with Crippen molar-refractivity contribution in [1.82, 2.24) is 25.0 Å². The second-order valence-electron chi connectivity index (χ2n) is 8.11. The number of benzene rings is 1. The first kappa shape index (κ1) is 21.5. The summed E-state index contributed by atoms with van der Waals surface area (Å²) in [5.74, 6) is 0.891. The summed E-state index contributed by atoms with van der Waals surface area (Å²) in [6.07, 6.45) is 2.35. The number of nitrogens with two attached hydrogens (primary N) is 1. The lowest BCUT2D eigenvalue weighted by Crippen LogP contribution is -2.30. The molecule has 2 amide bonds. The molecule has 172 valence electrons. The Morgan fingerprint density at radius 2 is 2.09 bits per heavy atom. The van der Waals surface area contributed by atoms with E-state index in [2.05, 4.69) is 25.4 Å². The zero-order chi connectivity index (χ0) is 23.8. The number of carbonyl (C=O) groups is 2. The lowest BCUT2D eigenvalue weighted by atomic mass is 10.1. The quantitative estimate of drug-likeness (QED) is 0.432. The van der Waals surface area contributed by atoms with Gasteiger partial charge < -0.3 is 20.5 Å². The molecule has 0 aliphatic carbocycles. The van der Waals surface area contributed by atoms with Gasteiger partial charge in [0.2, 0.25) is 11.7 Å². The van der Waals surface area contributed by atoms with Crippen molar-refractivity contribution in [1.29, 1.82) is 0 Å². The Labute approximate surface area is 195 Å². The highest BCUT2D eigenvalue weighted by Gasteiger charge is 2.30. The van der Waals surface area contributed by atoms with E-state index in [1.54, 1.807) is 18.0 Å². The summed E-state index contributed by atoms with van der Waals surface area (Å²) in [5, 5.41) is 9.25. The maximum atomic E-state index is 12.9. The molecule has 10 nitrogen and oxygen atoms in total. The molecular formula is C24H23N7O3. The number of hydrogen-bond acceptors (Lipinski definition) is 8. The van der Waals surface area contributed by atoms with Crippen LogP contribution in [0.3, 0.4) is 0 Å². The smallest absolute Gasteiger partial charge is 0.273 e. The van der Waals surface area contributed by atoms with Gasteiger partial charge >= 0.3 is 0 Å². The summed E-state index contributed by atoms with van der Waals surface area (Å²) < 4.78 is 5.09. The molecule has 4 heterocycles. The average Bonchev–Trinajstić information content (AvgIpc) is 3.41. The molecule has 1 aliphatic heterocycles. The lowest BCUT2D eigenvalue weighted by Gasteiger charge is -2.16. The minimum Gasteiger partial charge on any atom is -0.368 e. The number of carbonyl (C=O) groups excluding carboxylic acids is 2. The number of pyridine rings is 2. The minimum atomic E-state index is -0.620. The molecule has 10 heteroatoms. The zero-order valence-corrected chi connectivity index (χ0v) is 18.8. The van der Waals surface area contributed by atoms with E-state index < -0.39 is 5.91 Å². The van der Waals surface area contributed by atoms with Gasteiger partial charge in [0.15, 0.2) is 0 Å². The predicted octanol–water partition coefficient (Wildman–Crippen LogP) is 2.72. The van der Waals surface area contributed by atoms with E-state index in [0.29, 0.717) is 49.3 Å². The Kier molecular flexibility index (Phi) is 5.40. The molecule has 3 aromatic heterocycles. The molecule has 0 bridgehead atoms. The van der Waals surface area contributed by atoms with E-state index >= 15 is 0 Å². The molecule has 1 aromatic carbocycles. The Morgan fingerprint density at radius 1 is 1.24 bits per heavy atom. The van der Waals surface area contributed by atoms with E-state index in [9.17, 15) is 9.59 Å². The molecule has 0 atom stereocenters. The van der Waals surface area contributed by atoms with Crippen molar-refractivity contribution >= 4 is 28.4 Å². The van der Waals surface area contributed by atoms with Crippen LogP contribution in [-0.2, 0) is 13.0 Å². The highest BCUT2D eigenvalue weighted by Crippen LogP contribution is 2.27. The summed E-state index contributed by atoms with van der Waals surface area (Å²) in [6.45, 7) is 5.05. The number of anilines is 1. The number of primary amides is 1. The van der Waals surface area contributed by atoms with E-state index in [0.717, 1.165) is 27.5 Å². The van der Waals surface area contributed by atoms with Crippen LogP contribution >= 0.6 is 0 Å². The summed E-state index contributed by atoms with van der Waals surface area (Å²) in [4.78, 5) is 39.4. The summed E-state index contributed by atoms with van der Waals surface area (Å²) in [7, 11) is 0. The number of rotatable bonds is 7. The zero-order valence-electron chi connectivity index (χ0n) is 18.8. The number of fused-ring (bicyclic) bond motifs is 2. The van der Waals surface area contributed by atoms with E-state index in [1.807, 2.05) is 37.3 Å². The molecule has 0 spiro atoms. The van der Waals surface area contributed by atoms with Gasteiger partial charge in [-0.05, 0) is 35.6 Å². The van der Waals surface area contributed by atoms with Gasteiger partial charge in [0.05, 0.1) is 0 Å². The van der Waals surface area contributed by atoms with Crippen molar-refractivity contribution in [2.24, 2.45) is 5.73 Å². The second kappa shape index (κ2) is 8.54. The van der Waals surface area contributed by atoms with Crippen LogP contribution in [0.25, 0.3) is 22.2 Å². The first-order valence-electron chi connectivity index (χ1n) is 11.0. The topological polar surface area (TPSA) is 140 Å². The van der Waals surface area contributed by atoms with Crippen LogP contribution < -0.4 is 11.1 Å². The number of nitrogens with zero attached hydrogens (tertiary/aromatic N) is 5. The van der Waals surface area contributed by atoms with Gasteiger partial charge in [-0.3, -0.25) is 9.59 Å². The number of aromatic nitrogens is 4. The molecular weight excluding hydrogens is 434 g/mol. The summed E-state index contributed by atoms with van der Waals surface area (Å²) in [5.41, 5.74) is 8.31. The van der Waals surface area contributed by atoms with Crippen LogP contribution in [0.1, 0.15) is 44.9 Å². The van der Waals surface area contributed by atoms with Gasteiger partial charge in [-0.2, -0.15) is 4.98 Å². The normalized spacial score (nSPS) is 12.9. The van der Waals surface area contributed by atoms with E-state index in [4.69, 9.17) is 10.3 Å². The van der Waals surface area contributed by atoms with Gasteiger partial charge in [-0.15, -0.1) is 0 Å². The molecule has 34 heavy (non-hydrogen) atoms. The van der Waals surface area contributed by atoms with Crippen molar-refractivity contribution in [3.8, 4) is 11.4 Å². The van der Waals surface area contributed by atoms with Gasteiger partial charge in [0.1, 0.15) is 17.2 Å². The molecule has 3 N–H and O–H groups in total. The van der Waals surface area contributed by atoms with Crippen molar-refractivity contribution in [3.63, 3.8) is 0 Å². The standard InChI is InChI=1S/C24H23N7O3/c1-3-14-10-17-12-31(24(33)20(17)29-19(14)21(25)32)9-8-27-23-18-11-16(22-28-13(2)34-30-22)5-4-15(18)6-7-26-23/h4-7,10-11H,3,8-9,12H2,1-2H3,(H2,25,32)(H,26,27). The molecule has 4 aromatic rings. The van der Waals surface area contributed by atoms with Crippen LogP contribution in [0.15, 0.2) is 41.1 Å². The van der Waals surface area contributed by atoms with Crippen molar-refractivity contribution in [3.05, 3.63) is 64.9 Å². The molecule has 5 rings (SSSR count). The van der Waals surface area contributed by atoms with Crippen LogP contribution in [0.2, 0.25) is 0 Å². The number of amides is 2. The SMILES string of the molecule is CCc1cc2c(nc1C(N)=O)C(=O)N(CCNc1nccc3ccc(-c4noc(C)n4)cc13)C2. The third-order valence-corrected chi connectivity index (χ3v) is 5.87. The third kappa shape index (κ3) is 3.83. The highest BCUT2D eigenvalue weighted by atomic mass is 16.5.